The number of guanidine groups is 1. The van der Waals surface area contributed by atoms with Gasteiger partial charge in [-0.3, -0.25) is 14.6 Å². The number of aryl methyl sites for hydroxylation is 1. The number of piperazine rings is 1. The molecule has 1 aromatic carbocycles. The highest BCUT2D eigenvalue weighted by atomic mass is 127. The summed E-state index contributed by atoms with van der Waals surface area (Å²) in [5.74, 6) is 1.67. The van der Waals surface area contributed by atoms with E-state index in [2.05, 4.69) is 72.9 Å². The first-order valence-corrected chi connectivity index (χ1v) is 9.92. The second-order valence-corrected chi connectivity index (χ2v) is 7.23. The van der Waals surface area contributed by atoms with Crippen LogP contribution in [0.4, 0.5) is 0 Å². The summed E-state index contributed by atoms with van der Waals surface area (Å²) in [5.41, 5.74) is 1.41. The van der Waals surface area contributed by atoms with Gasteiger partial charge in [0.1, 0.15) is 12.2 Å². The molecule has 2 N–H and O–H groups in total. The summed E-state index contributed by atoms with van der Waals surface area (Å²) in [4.78, 5) is 13.5. The molecule has 0 aliphatic carbocycles. The molecule has 29 heavy (non-hydrogen) atoms. The standard InChI is InChI=1S/C20H32N8.HI/c1-21-20(23-14-19-24-16-25-27(19)3)22-10-7-11-28-13-12-26(2)15-18(28)17-8-5-4-6-9-17;/h4-6,8-9,16,18H,7,10-15H2,1-3H3,(H2,21,22,23);1H. The number of nitrogens with one attached hydrogen (secondary N) is 2. The molecule has 160 valence electrons. The molecule has 0 amide bonds. The molecule has 8 nitrogen and oxygen atoms in total. The number of nitrogens with zero attached hydrogens (tertiary/aromatic N) is 6. The van der Waals surface area contributed by atoms with Crippen LogP contribution in [0, 0.1) is 0 Å². The van der Waals surface area contributed by atoms with E-state index in [9.17, 15) is 0 Å². The quantitative estimate of drug-likeness (QED) is 0.254. The van der Waals surface area contributed by atoms with E-state index in [0.717, 1.165) is 50.9 Å². The maximum atomic E-state index is 4.29. The predicted octanol–water partition coefficient (Wildman–Crippen LogP) is 1.48. The van der Waals surface area contributed by atoms with Crippen molar-refractivity contribution < 1.29 is 0 Å². The number of aliphatic imine (C=N–C) groups is 1. The minimum Gasteiger partial charge on any atom is -0.356 e. The van der Waals surface area contributed by atoms with E-state index in [1.807, 2.05) is 7.05 Å². The van der Waals surface area contributed by atoms with Gasteiger partial charge in [0.05, 0.1) is 6.54 Å². The fourth-order valence-electron chi connectivity index (χ4n) is 3.57. The molecule has 1 unspecified atom stereocenters. The van der Waals surface area contributed by atoms with Crippen LogP contribution in [0.5, 0.6) is 0 Å². The molecule has 2 heterocycles. The molecule has 1 saturated heterocycles. The zero-order valence-corrected chi connectivity index (χ0v) is 19.9. The average Bonchev–Trinajstić information content (AvgIpc) is 3.13. The molecule has 0 spiro atoms. The first-order chi connectivity index (χ1) is 13.7. The van der Waals surface area contributed by atoms with Crippen molar-refractivity contribution in [3.8, 4) is 0 Å². The summed E-state index contributed by atoms with van der Waals surface area (Å²) in [6.45, 7) is 5.86. The van der Waals surface area contributed by atoms with Crippen LogP contribution in [0.2, 0.25) is 0 Å². The average molecular weight is 512 g/mol. The van der Waals surface area contributed by atoms with E-state index < -0.39 is 0 Å². The molecule has 1 atom stereocenters. The van der Waals surface area contributed by atoms with E-state index >= 15 is 0 Å². The van der Waals surface area contributed by atoms with E-state index in [0.29, 0.717) is 12.6 Å². The van der Waals surface area contributed by atoms with E-state index in [-0.39, 0.29) is 24.0 Å². The molecular weight excluding hydrogens is 479 g/mol. The van der Waals surface area contributed by atoms with Crippen LogP contribution in [-0.2, 0) is 13.6 Å². The third kappa shape index (κ3) is 6.93. The molecule has 3 rings (SSSR count). The maximum absolute atomic E-state index is 4.29. The highest BCUT2D eigenvalue weighted by Gasteiger charge is 2.25. The molecule has 2 aromatic rings. The first kappa shape index (κ1) is 23.6. The normalized spacial score (nSPS) is 18.3. The number of halogens is 1. The van der Waals surface area contributed by atoms with Crippen LogP contribution in [0.25, 0.3) is 0 Å². The van der Waals surface area contributed by atoms with Gasteiger partial charge in [0.25, 0.3) is 0 Å². The van der Waals surface area contributed by atoms with Crippen molar-refractivity contribution in [2.24, 2.45) is 12.0 Å². The van der Waals surface area contributed by atoms with Crippen LogP contribution < -0.4 is 10.6 Å². The lowest BCUT2D eigenvalue weighted by Crippen LogP contribution is -2.47. The Balaban J connectivity index is 0.00000300. The number of likely N-dealkylation sites (N-methyl/N-ethyl adjacent to an activating group) is 1. The Morgan fingerprint density at radius 2 is 1.97 bits per heavy atom. The Labute approximate surface area is 190 Å². The molecule has 0 saturated carbocycles. The largest absolute Gasteiger partial charge is 0.356 e. The molecule has 0 bridgehead atoms. The fourth-order valence-corrected chi connectivity index (χ4v) is 3.57. The van der Waals surface area contributed by atoms with Gasteiger partial charge in [0.15, 0.2) is 5.96 Å². The Morgan fingerprint density at radius 3 is 2.66 bits per heavy atom. The van der Waals surface area contributed by atoms with Crippen LogP contribution in [0.3, 0.4) is 0 Å². The monoisotopic (exact) mass is 512 g/mol. The van der Waals surface area contributed by atoms with Gasteiger partial charge in [-0.25, -0.2) is 4.98 Å². The molecule has 1 fully saturated rings. The molecular formula is C20H33IN8. The first-order valence-electron chi connectivity index (χ1n) is 9.92. The Bertz CT molecular complexity index is 748. The third-order valence-corrected chi connectivity index (χ3v) is 5.24. The van der Waals surface area contributed by atoms with Crippen molar-refractivity contribution in [1.29, 1.82) is 0 Å². The van der Waals surface area contributed by atoms with Crippen molar-refractivity contribution >= 4 is 29.9 Å². The van der Waals surface area contributed by atoms with Gasteiger partial charge < -0.3 is 15.5 Å². The van der Waals surface area contributed by atoms with Crippen molar-refractivity contribution in [2.75, 3.05) is 46.8 Å². The summed E-state index contributed by atoms with van der Waals surface area (Å²) in [6.07, 6.45) is 2.63. The van der Waals surface area contributed by atoms with E-state index in [1.165, 1.54) is 5.56 Å². The van der Waals surface area contributed by atoms with Gasteiger partial charge in [-0.2, -0.15) is 5.10 Å². The molecule has 1 aliphatic heterocycles. The molecule has 1 aromatic heterocycles. The lowest BCUT2D eigenvalue weighted by Gasteiger charge is -2.40. The summed E-state index contributed by atoms with van der Waals surface area (Å²) < 4.78 is 1.76. The SMILES string of the molecule is CN=C(NCCCN1CCN(C)CC1c1ccccc1)NCc1ncnn1C.I. The highest BCUT2D eigenvalue weighted by molar-refractivity contribution is 14.0. The van der Waals surface area contributed by atoms with Gasteiger partial charge in [-0.15, -0.1) is 24.0 Å². The van der Waals surface area contributed by atoms with Gasteiger partial charge in [0.2, 0.25) is 0 Å². The van der Waals surface area contributed by atoms with Crippen LogP contribution in [0.1, 0.15) is 23.9 Å². The van der Waals surface area contributed by atoms with Crippen molar-refractivity contribution in [3.05, 3.63) is 48.0 Å². The summed E-state index contributed by atoms with van der Waals surface area (Å²) in [6, 6.07) is 11.3. The predicted molar refractivity (Wildman–Crippen MR) is 127 cm³/mol. The lowest BCUT2D eigenvalue weighted by molar-refractivity contribution is 0.0891. The summed E-state index contributed by atoms with van der Waals surface area (Å²) in [5, 5.41) is 10.8. The van der Waals surface area contributed by atoms with Crippen LogP contribution >= 0.6 is 24.0 Å². The minimum atomic E-state index is 0. The summed E-state index contributed by atoms with van der Waals surface area (Å²) >= 11 is 0. The van der Waals surface area contributed by atoms with Crippen molar-refractivity contribution in [2.45, 2.75) is 19.0 Å². The van der Waals surface area contributed by atoms with E-state index in [4.69, 9.17) is 0 Å². The zero-order valence-electron chi connectivity index (χ0n) is 17.6. The molecule has 9 heteroatoms. The van der Waals surface area contributed by atoms with Crippen LogP contribution in [-0.4, -0.2) is 77.3 Å². The van der Waals surface area contributed by atoms with Crippen molar-refractivity contribution in [3.63, 3.8) is 0 Å². The number of benzene rings is 1. The Morgan fingerprint density at radius 1 is 1.17 bits per heavy atom. The lowest BCUT2D eigenvalue weighted by atomic mass is 10.0. The minimum absolute atomic E-state index is 0. The molecule has 0 radical (unpaired) electrons. The van der Waals surface area contributed by atoms with Gasteiger partial charge in [-0.05, 0) is 19.0 Å². The van der Waals surface area contributed by atoms with Gasteiger partial charge in [-0.1, -0.05) is 30.3 Å². The maximum Gasteiger partial charge on any atom is 0.191 e. The highest BCUT2D eigenvalue weighted by Crippen LogP contribution is 2.24. The second kappa shape index (κ2) is 12.1. The van der Waals surface area contributed by atoms with Crippen molar-refractivity contribution in [1.82, 2.24) is 35.2 Å². The Hall–Kier alpha value is -1.72. The Kier molecular flexibility index (Phi) is 9.82. The fraction of sp³-hybridized carbons (Fsp3) is 0.550. The van der Waals surface area contributed by atoms with Gasteiger partial charge >= 0.3 is 0 Å². The smallest absolute Gasteiger partial charge is 0.191 e. The topological polar surface area (TPSA) is 73.6 Å². The summed E-state index contributed by atoms with van der Waals surface area (Å²) in [7, 11) is 5.89. The van der Waals surface area contributed by atoms with E-state index in [1.54, 1.807) is 18.1 Å². The second-order valence-electron chi connectivity index (χ2n) is 7.23. The number of hydrogen-bond donors (Lipinski definition) is 2. The molecule has 1 aliphatic rings. The van der Waals surface area contributed by atoms with Crippen LogP contribution in [0.15, 0.2) is 41.7 Å². The third-order valence-electron chi connectivity index (χ3n) is 5.24. The number of hydrogen-bond acceptors (Lipinski definition) is 5. The zero-order chi connectivity index (χ0) is 19.8. The van der Waals surface area contributed by atoms with Gasteiger partial charge in [0, 0.05) is 52.9 Å². The number of rotatable bonds is 7. The number of aromatic nitrogens is 3.